The van der Waals surface area contributed by atoms with E-state index in [-0.39, 0.29) is 6.04 Å². The Morgan fingerprint density at radius 1 is 1.03 bits per heavy atom. The average molecular weight is 412 g/mol. The predicted octanol–water partition coefficient (Wildman–Crippen LogP) is 5.31. The number of fused-ring (bicyclic) bond motifs is 1. The molecule has 0 bridgehead atoms. The van der Waals surface area contributed by atoms with Crippen molar-refractivity contribution in [1.82, 2.24) is 15.0 Å². The Labute approximate surface area is 178 Å². The van der Waals surface area contributed by atoms with Gasteiger partial charge in [0.15, 0.2) is 0 Å². The number of aromatic nitrogens is 3. The fourth-order valence-electron chi connectivity index (χ4n) is 3.64. The standard InChI is InChI=1S/C24H21N5S/c25-23(22-11-6-12-30-22)28-20(13-17-14-26-19-10-5-4-9-18(17)19)24-27-15-21(29-24)16-7-2-1-3-8-16/h1-12,14-15,20,26H,13H2,(H2,25,28)(H,27,29). The van der Waals surface area contributed by atoms with Crippen LogP contribution in [-0.2, 0) is 6.42 Å². The Bertz CT molecular complexity index is 1280. The molecule has 0 amide bonds. The minimum atomic E-state index is -0.219. The molecule has 3 aromatic heterocycles. The highest BCUT2D eigenvalue weighted by molar-refractivity contribution is 7.12. The maximum atomic E-state index is 6.35. The highest BCUT2D eigenvalue weighted by Gasteiger charge is 2.19. The lowest BCUT2D eigenvalue weighted by Gasteiger charge is -2.11. The van der Waals surface area contributed by atoms with Gasteiger partial charge in [0.2, 0.25) is 0 Å². The first-order valence-electron chi connectivity index (χ1n) is 9.80. The Hall–Kier alpha value is -3.64. The van der Waals surface area contributed by atoms with E-state index in [2.05, 4.69) is 51.5 Å². The van der Waals surface area contributed by atoms with E-state index in [9.17, 15) is 0 Å². The van der Waals surface area contributed by atoms with Crippen LogP contribution in [0.2, 0.25) is 0 Å². The zero-order valence-corrected chi connectivity index (χ0v) is 17.1. The second kappa shape index (κ2) is 8.00. The number of imidazole rings is 1. The van der Waals surface area contributed by atoms with Crippen LogP contribution < -0.4 is 5.73 Å². The number of H-pyrrole nitrogens is 2. The molecule has 5 rings (SSSR count). The number of nitrogens with zero attached hydrogens (tertiary/aromatic N) is 2. The molecule has 0 saturated heterocycles. The number of hydrogen-bond acceptors (Lipinski definition) is 3. The highest BCUT2D eigenvalue weighted by atomic mass is 32.1. The normalized spacial score (nSPS) is 13.0. The Balaban J connectivity index is 1.53. The number of hydrogen-bond donors (Lipinski definition) is 3. The van der Waals surface area contributed by atoms with Gasteiger partial charge >= 0.3 is 0 Å². The van der Waals surface area contributed by atoms with E-state index in [1.54, 1.807) is 11.3 Å². The van der Waals surface area contributed by atoms with Gasteiger partial charge in [-0.05, 0) is 28.6 Å². The second-order valence-corrected chi connectivity index (χ2v) is 8.07. The van der Waals surface area contributed by atoms with Gasteiger partial charge in [0, 0.05) is 23.5 Å². The summed E-state index contributed by atoms with van der Waals surface area (Å²) in [5, 5.41) is 3.20. The van der Waals surface area contributed by atoms with Crippen LogP contribution in [0.1, 0.15) is 22.3 Å². The molecule has 4 N–H and O–H groups in total. The summed E-state index contributed by atoms with van der Waals surface area (Å²) in [6, 6.07) is 22.2. The number of amidine groups is 1. The monoisotopic (exact) mass is 411 g/mol. The number of thiophene rings is 1. The van der Waals surface area contributed by atoms with E-state index in [0.717, 1.165) is 27.5 Å². The number of rotatable bonds is 6. The molecule has 30 heavy (non-hydrogen) atoms. The first-order chi connectivity index (χ1) is 14.8. The molecule has 5 aromatic rings. The van der Waals surface area contributed by atoms with E-state index in [4.69, 9.17) is 10.7 Å². The molecule has 3 heterocycles. The minimum Gasteiger partial charge on any atom is -0.383 e. The smallest absolute Gasteiger partial charge is 0.136 e. The molecule has 5 nitrogen and oxygen atoms in total. The number of benzene rings is 2. The summed E-state index contributed by atoms with van der Waals surface area (Å²) in [5.74, 6) is 1.34. The molecule has 148 valence electrons. The quantitative estimate of drug-likeness (QED) is 0.261. The van der Waals surface area contributed by atoms with Crippen LogP contribution in [0.25, 0.3) is 22.2 Å². The first kappa shape index (κ1) is 18.4. The fraction of sp³-hybridized carbons (Fsp3) is 0.0833. The van der Waals surface area contributed by atoms with Crippen molar-refractivity contribution in [3.05, 3.63) is 101 Å². The van der Waals surface area contributed by atoms with Gasteiger partial charge in [-0.1, -0.05) is 54.6 Å². The van der Waals surface area contributed by atoms with Crippen LogP contribution >= 0.6 is 11.3 Å². The summed E-state index contributed by atoms with van der Waals surface area (Å²) in [6.45, 7) is 0. The Morgan fingerprint density at radius 3 is 2.70 bits per heavy atom. The summed E-state index contributed by atoms with van der Waals surface area (Å²) >= 11 is 1.59. The molecule has 0 spiro atoms. The summed E-state index contributed by atoms with van der Waals surface area (Å²) in [6.07, 6.45) is 4.61. The van der Waals surface area contributed by atoms with Crippen LogP contribution in [0.4, 0.5) is 0 Å². The Kier molecular flexibility index (Phi) is 4.91. The lowest BCUT2D eigenvalue weighted by atomic mass is 10.0. The number of para-hydroxylation sites is 1. The molecular weight excluding hydrogens is 390 g/mol. The third kappa shape index (κ3) is 3.65. The van der Waals surface area contributed by atoms with E-state index in [0.29, 0.717) is 12.3 Å². The van der Waals surface area contributed by atoms with E-state index in [1.807, 2.05) is 48.0 Å². The van der Waals surface area contributed by atoms with Crippen LogP contribution in [0.15, 0.2) is 89.5 Å². The number of aliphatic imine (C=N–C) groups is 1. The van der Waals surface area contributed by atoms with Crippen LogP contribution in [0.5, 0.6) is 0 Å². The molecule has 0 saturated carbocycles. The SMILES string of the molecule is NC(=NC(Cc1c[nH]c2ccccc12)c1ncc(-c2ccccc2)[nH]1)c1cccs1. The minimum absolute atomic E-state index is 0.219. The van der Waals surface area contributed by atoms with E-state index in [1.165, 1.54) is 10.9 Å². The Morgan fingerprint density at radius 2 is 1.87 bits per heavy atom. The number of aromatic amines is 2. The molecule has 0 radical (unpaired) electrons. The van der Waals surface area contributed by atoms with Gasteiger partial charge in [-0.3, -0.25) is 4.99 Å². The van der Waals surface area contributed by atoms with Crippen molar-refractivity contribution in [3.63, 3.8) is 0 Å². The number of nitrogens with one attached hydrogen (secondary N) is 2. The molecule has 1 atom stereocenters. The summed E-state index contributed by atoms with van der Waals surface area (Å²) in [5.41, 5.74) is 10.7. The van der Waals surface area contributed by atoms with Crippen molar-refractivity contribution >= 4 is 28.1 Å². The zero-order valence-electron chi connectivity index (χ0n) is 16.2. The lowest BCUT2D eigenvalue weighted by Crippen LogP contribution is -2.15. The first-order valence-corrected chi connectivity index (χ1v) is 10.7. The molecule has 2 aromatic carbocycles. The predicted molar refractivity (Wildman–Crippen MR) is 124 cm³/mol. The zero-order chi connectivity index (χ0) is 20.3. The van der Waals surface area contributed by atoms with Crippen LogP contribution in [0.3, 0.4) is 0 Å². The molecule has 0 aliphatic carbocycles. The van der Waals surface area contributed by atoms with Gasteiger partial charge in [0.05, 0.1) is 16.8 Å². The van der Waals surface area contributed by atoms with Gasteiger partial charge in [0.1, 0.15) is 17.7 Å². The molecule has 6 heteroatoms. The molecule has 0 fully saturated rings. The molecular formula is C24H21N5S. The highest BCUT2D eigenvalue weighted by Crippen LogP contribution is 2.28. The van der Waals surface area contributed by atoms with Gasteiger partial charge in [-0.2, -0.15) is 0 Å². The summed E-state index contributed by atoms with van der Waals surface area (Å²) in [7, 11) is 0. The van der Waals surface area contributed by atoms with Gasteiger partial charge in [-0.15, -0.1) is 11.3 Å². The largest absolute Gasteiger partial charge is 0.383 e. The van der Waals surface area contributed by atoms with Crippen molar-refractivity contribution in [1.29, 1.82) is 0 Å². The van der Waals surface area contributed by atoms with Crippen LogP contribution in [-0.4, -0.2) is 20.8 Å². The van der Waals surface area contributed by atoms with Crippen molar-refractivity contribution in [2.45, 2.75) is 12.5 Å². The maximum absolute atomic E-state index is 6.35. The van der Waals surface area contributed by atoms with Crippen molar-refractivity contribution in [2.24, 2.45) is 10.7 Å². The van der Waals surface area contributed by atoms with Gasteiger partial charge < -0.3 is 15.7 Å². The molecule has 1 unspecified atom stereocenters. The fourth-order valence-corrected chi connectivity index (χ4v) is 4.27. The summed E-state index contributed by atoms with van der Waals surface area (Å²) < 4.78 is 0. The van der Waals surface area contributed by atoms with Gasteiger partial charge in [-0.25, -0.2) is 4.98 Å². The molecule has 0 aliphatic heterocycles. The van der Waals surface area contributed by atoms with E-state index >= 15 is 0 Å². The van der Waals surface area contributed by atoms with Crippen molar-refractivity contribution < 1.29 is 0 Å². The molecule has 0 aliphatic rings. The number of nitrogens with two attached hydrogens (primary N) is 1. The third-order valence-corrected chi connectivity index (χ3v) is 6.05. The van der Waals surface area contributed by atoms with Crippen molar-refractivity contribution in [3.8, 4) is 11.3 Å². The maximum Gasteiger partial charge on any atom is 0.136 e. The van der Waals surface area contributed by atoms with Gasteiger partial charge in [0.25, 0.3) is 0 Å². The van der Waals surface area contributed by atoms with Crippen molar-refractivity contribution in [2.75, 3.05) is 0 Å². The second-order valence-electron chi connectivity index (χ2n) is 7.12. The lowest BCUT2D eigenvalue weighted by molar-refractivity contribution is 0.683. The topological polar surface area (TPSA) is 82.8 Å². The van der Waals surface area contributed by atoms with E-state index < -0.39 is 0 Å². The average Bonchev–Trinajstić information content (AvgIpc) is 3.55. The summed E-state index contributed by atoms with van der Waals surface area (Å²) in [4.78, 5) is 17.3. The van der Waals surface area contributed by atoms with Crippen LogP contribution in [0, 0.1) is 0 Å². The third-order valence-electron chi connectivity index (χ3n) is 5.15.